The third-order valence-electron chi connectivity index (χ3n) is 3.75. The molecular formula is C15H11FN4O. The Labute approximate surface area is 119 Å². The van der Waals surface area contributed by atoms with Gasteiger partial charge in [0.25, 0.3) is 5.91 Å². The minimum Gasteiger partial charge on any atom is -0.343 e. The summed E-state index contributed by atoms with van der Waals surface area (Å²) in [7, 11) is 0. The van der Waals surface area contributed by atoms with E-state index in [-0.39, 0.29) is 11.7 Å². The van der Waals surface area contributed by atoms with Gasteiger partial charge in [-0.3, -0.25) is 4.79 Å². The number of nitrogens with one attached hydrogen (secondary N) is 1. The minimum atomic E-state index is -0.338. The van der Waals surface area contributed by atoms with E-state index in [1.807, 2.05) is 0 Å². The van der Waals surface area contributed by atoms with Crippen LogP contribution in [0.25, 0.3) is 11.2 Å². The van der Waals surface area contributed by atoms with E-state index in [1.54, 1.807) is 23.2 Å². The molecule has 0 unspecified atom stereocenters. The van der Waals surface area contributed by atoms with Crippen molar-refractivity contribution in [1.82, 2.24) is 15.0 Å². The molecule has 104 valence electrons. The fourth-order valence-electron chi connectivity index (χ4n) is 2.74. The summed E-state index contributed by atoms with van der Waals surface area (Å²) >= 11 is 0. The standard InChI is InChI=1S/C15H11FN4O/c16-10-2-1-9-4-6-20(12(9)7-10)15(21)11-3-5-17-14-13(11)18-8-19-14/h1-3,5,7-8H,4,6H2,(H,17,18,19). The highest BCUT2D eigenvalue weighted by molar-refractivity contribution is 6.13. The number of aromatic amines is 1. The number of hydrogen-bond donors (Lipinski definition) is 1. The number of carbonyl (C=O) groups is 1. The van der Waals surface area contributed by atoms with Gasteiger partial charge >= 0.3 is 0 Å². The Kier molecular flexibility index (Phi) is 2.50. The Balaban J connectivity index is 1.80. The summed E-state index contributed by atoms with van der Waals surface area (Å²) in [4.78, 5) is 25.4. The van der Waals surface area contributed by atoms with E-state index >= 15 is 0 Å². The highest BCUT2D eigenvalue weighted by Gasteiger charge is 2.27. The molecule has 0 bridgehead atoms. The average Bonchev–Trinajstić information content (AvgIpc) is 3.12. The summed E-state index contributed by atoms with van der Waals surface area (Å²) in [6, 6.07) is 6.22. The third kappa shape index (κ3) is 1.79. The molecule has 5 nitrogen and oxygen atoms in total. The minimum absolute atomic E-state index is 0.170. The van der Waals surface area contributed by atoms with E-state index in [2.05, 4.69) is 15.0 Å². The number of fused-ring (bicyclic) bond motifs is 2. The number of nitrogens with zero attached hydrogens (tertiary/aromatic N) is 3. The second-order valence-electron chi connectivity index (χ2n) is 4.94. The quantitative estimate of drug-likeness (QED) is 0.745. The van der Waals surface area contributed by atoms with E-state index in [4.69, 9.17) is 0 Å². The molecule has 0 saturated carbocycles. The number of anilines is 1. The molecule has 4 rings (SSSR count). The maximum absolute atomic E-state index is 13.4. The van der Waals surface area contributed by atoms with Crippen molar-refractivity contribution in [3.05, 3.63) is 53.7 Å². The number of rotatable bonds is 1. The second-order valence-corrected chi connectivity index (χ2v) is 4.94. The van der Waals surface area contributed by atoms with Crippen molar-refractivity contribution in [2.24, 2.45) is 0 Å². The normalized spacial score (nSPS) is 13.7. The summed E-state index contributed by atoms with van der Waals surface area (Å²) in [6.45, 7) is 0.551. The number of hydrogen-bond acceptors (Lipinski definition) is 3. The molecule has 0 spiro atoms. The molecule has 1 aliphatic heterocycles. The highest BCUT2D eigenvalue weighted by atomic mass is 19.1. The van der Waals surface area contributed by atoms with E-state index in [9.17, 15) is 9.18 Å². The summed E-state index contributed by atoms with van der Waals surface area (Å²) < 4.78 is 13.4. The van der Waals surface area contributed by atoms with Gasteiger partial charge in [0.15, 0.2) is 5.65 Å². The SMILES string of the molecule is O=C(c1ccnc2nc[nH]c12)N1CCc2ccc(F)cc21. The Morgan fingerprint density at radius 1 is 1.29 bits per heavy atom. The molecule has 0 radical (unpaired) electrons. The number of pyridine rings is 1. The molecule has 6 heteroatoms. The molecule has 2 aromatic heterocycles. The molecule has 1 amide bonds. The van der Waals surface area contributed by atoms with Crippen molar-refractivity contribution in [3.8, 4) is 0 Å². The van der Waals surface area contributed by atoms with Gasteiger partial charge < -0.3 is 9.88 Å². The lowest BCUT2D eigenvalue weighted by molar-refractivity contribution is 0.0990. The molecule has 0 atom stereocenters. The molecule has 0 saturated heterocycles. The molecule has 3 heterocycles. The van der Waals surface area contributed by atoms with Gasteiger partial charge in [0.1, 0.15) is 5.82 Å². The van der Waals surface area contributed by atoms with Crippen LogP contribution < -0.4 is 4.90 Å². The first-order valence-electron chi connectivity index (χ1n) is 6.62. The van der Waals surface area contributed by atoms with Crippen LogP contribution in [0.3, 0.4) is 0 Å². The van der Waals surface area contributed by atoms with Crippen LogP contribution in [0.5, 0.6) is 0 Å². The summed E-state index contributed by atoms with van der Waals surface area (Å²) in [5.41, 5.74) is 3.23. The van der Waals surface area contributed by atoms with E-state index in [0.29, 0.717) is 29.0 Å². The fraction of sp³-hybridized carbons (Fsp3) is 0.133. The maximum atomic E-state index is 13.4. The Bertz CT molecular complexity index is 858. The summed E-state index contributed by atoms with van der Waals surface area (Å²) in [5, 5.41) is 0. The lowest BCUT2D eigenvalue weighted by Gasteiger charge is -2.17. The Morgan fingerprint density at radius 3 is 3.10 bits per heavy atom. The molecule has 1 N–H and O–H groups in total. The lowest BCUT2D eigenvalue weighted by Crippen LogP contribution is -2.29. The monoisotopic (exact) mass is 282 g/mol. The predicted octanol–water partition coefficient (Wildman–Crippen LogP) is 2.30. The molecule has 0 aliphatic carbocycles. The first kappa shape index (κ1) is 12.0. The molecule has 21 heavy (non-hydrogen) atoms. The lowest BCUT2D eigenvalue weighted by atomic mass is 10.1. The van der Waals surface area contributed by atoms with Crippen molar-refractivity contribution in [2.75, 3.05) is 11.4 Å². The fourth-order valence-corrected chi connectivity index (χ4v) is 2.74. The largest absolute Gasteiger partial charge is 0.343 e. The smallest absolute Gasteiger partial charge is 0.260 e. The third-order valence-corrected chi connectivity index (χ3v) is 3.75. The van der Waals surface area contributed by atoms with Crippen LogP contribution in [0.4, 0.5) is 10.1 Å². The van der Waals surface area contributed by atoms with Crippen molar-refractivity contribution >= 4 is 22.8 Å². The summed E-state index contributed by atoms with van der Waals surface area (Å²) in [5.74, 6) is -0.508. The first-order chi connectivity index (χ1) is 10.2. The van der Waals surface area contributed by atoms with Crippen molar-refractivity contribution in [1.29, 1.82) is 0 Å². The zero-order chi connectivity index (χ0) is 14.4. The van der Waals surface area contributed by atoms with Crippen LogP contribution in [-0.4, -0.2) is 27.4 Å². The highest BCUT2D eigenvalue weighted by Crippen LogP contribution is 2.30. The average molecular weight is 282 g/mol. The molecule has 3 aromatic rings. The van der Waals surface area contributed by atoms with E-state index in [0.717, 1.165) is 12.0 Å². The zero-order valence-electron chi connectivity index (χ0n) is 11.0. The van der Waals surface area contributed by atoms with Gasteiger partial charge in [-0.1, -0.05) is 6.07 Å². The number of benzene rings is 1. The Hall–Kier alpha value is -2.76. The zero-order valence-corrected chi connectivity index (χ0v) is 11.0. The van der Waals surface area contributed by atoms with Crippen LogP contribution in [0.2, 0.25) is 0 Å². The number of halogens is 1. The molecule has 0 fully saturated rings. The predicted molar refractivity (Wildman–Crippen MR) is 75.7 cm³/mol. The van der Waals surface area contributed by atoms with Gasteiger partial charge in [-0.2, -0.15) is 0 Å². The van der Waals surface area contributed by atoms with E-state index in [1.165, 1.54) is 18.5 Å². The number of aromatic nitrogens is 3. The number of carbonyl (C=O) groups excluding carboxylic acids is 1. The van der Waals surface area contributed by atoms with Gasteiger partial charge in [-0.05, 0) is 30.2 Å². The van der Waals surface area contributed by atoms with Gasteiger partial charge in [0, 0.05) is 12.7 Å². The molecule has 1 aromatic carbocycles. The second kappa shape index (κ2) is 4.37. The van der Waals surface area contributed by atoms with Crippen LogP contribution in [-0.2, 0) is 6.42 Å². The van der Waals surface area contributed by atoms with E-state index < -0.39 is 0 Å². The number of H-pyrrole nitrogens is 1. The van der Waals surface area contributed by atoms with Crippen molar-refractivity contribution < 1.29 is 9.18 Å². The Morgan fingerprint density at radius 2 is 2.19 bits per heavy atom. The van der Waals surface area contributed by atoms with Crippen LogP contribution in [0.1, 0.15) is 15.9 Å². The van der Waals surface area contributed by atoms with Gasteiger partial charge in [0.05, 0.1) is 23.1 Å². The molecular weight excluding hydrogens is 271 g/mol. The van der Waals surface area contributed by atoms with Crippen molar-refractivity contribution in [2.45, 2.75) is 6.42 Å². The topological polar surface area (TPSA) is 61.9 Å². The maximum Gasteiger partial charge on any atom is 0.260 e. The number of imidazole rings is 1. The van der Waals surface area contributed by atoms with Gasteiger partial charge in [0.2, 0.25) is 0 Å². The van der Waals surface area contributed by atoms with Crippen LogP contribution in [0.15, 0.2) is 36.8 Å². The van der Waals surface area contributed by atoms with Crippen molar-refractivity contribution in [3.63, 3.8) is 0 Å². The molecule has 1 aliphatic rings. The summed E-state index contributed by atoms with van der Waals surface area (Å²) in [6.07, 6.45) is 3.80. The van der Waals surface area contributed by atoms with Crippen LogP contribution in [0, 0.1) is 5.82 Å². The first-order valence-corrected chi connectivity index (χ1v) is 6.62. The van der Waals surface area contributed by atoms with Gasteiger partial charge in [-0.15, -0.1) is 0 Å². The van der Waals surface area contributed by atoms with Crippen LogP contribution >= 0.6 is 0 Å². The van der Waals surface area contributed by atoms with Gasteiger partial charge in [-0.25, -0.2) is 14.4 Å². The number of amides is 1.